The number of hydrogen-bond acceptors (Lipinski definition) is 4. The van der Waals surface area contributed by atoms with Gasteiger partial charge >= 0.3 is 6.18 Å². The minimum Gasteiger partial charge on any atom is -0.475 e. The highest BCUT2D eigenvalue weighted by Crippen LogP contribution is 2.34. The summed E-state index contributed by atoms with van der Waals surface area (Å²) in [4.78, 5) is 8.19. The van der Waals surface area contributed by atoms with Gasteiger partial charge < -0.3 is 20.5 Å². The molecule has 6 nitrogen and oxygen atoms in total. The number of rotatable bonds is 11. The molecule has 0 radical (unpaired) electrons. The second-order valence-corrected chi connectivity index (χ2v) is 6.86. The first-order valence-corrected chi connectivity index (χ1v) is 9.55. The maximum atomic E-state index is 12.9. The molecule has 0 fully saturated rings. The Bertz CT molecular complexity index is 595. The van der Waals surface area contributed by atoms with E-state index in [1.54, 1.807) is 0 Å². The van der Waals surface area contributed by atoms with E-state index in [0.29, 0.717) is 31.4 Å². The molecule has 0 aromatic carbocycles. The van der Waals surface area contributed by atoms with Crippen LogP contribution in [0.25, 0.3) is 0 Å². The molecule has 28 heavy (non-hydrogen) atoms. The number of aliphatic hydroxyl groups is 1. The maximum Gasteiger partial charge on any atom is 0.421 e. The lowest BCUT2D eigenvalue weighted by molar-refractivity contribution is -0.139. The fourth-order valence-electron chi connectivity index (χ4n) is 2.73. The van der Waals surface area contributed by atoms with Gasteiger partial charge in [0.05, 0.1) is 6.54 Å². The highest BCUT2D eigenvalue weighted by atomic mass is 19.4. The van der Waals surface area contributed by atoms with E-state index >= 15 is 0 Å². The molecule has 0 saturated heterocycles. The first-order valence-electron chi connectivity index (χ1n) is 9.55. The van der Waals surface area contributed by atoms with Crippen molar-refractivity contribution >= 4 is 5.96 Å². The number of aromatic nitrogens is 1. The molecule has 0 bridgehead atoms. The predicted molar refractivity (Wildman–Crippen MR) is 103 cm³/mol. The Labute approximate surface area is 164 Å². The lowest BCUT2D eigenvalue weighted by atomic mass is 9.94. The Balaban J connectivity index is 2.57. The molecule has 1 rings (SSSR count). The van der Waals surface area contributed by atoms with Crippen LogP contribution in [0.1, 0.15) is 39.2 Å². The van der Waals surface area contributed by atoms with Crippen LogP contribution in [0, 0.1) is 11.8 Å². The number of alkyl halides is 3. The fourth-order valence-corrected chi connectivity index (χ4v) is 2.73. The van der Waals surface area contributed by atoms with Crippen molar-refractivity contribution in [3.8, 4) is 5.88 Å². The summed E-state index contributed by atoms with van der Waals surface area (Å²) < 4.78 is 44.0. The lowest BCUT2D eigenvalue weighted by Crippen LogP contribution is -2.39. The van der Waals surface area contributed by atoms with E-state index in [1.807, 2.05) is 6.92 Å². The van der Waals surface area contributed by atoms with Gasteiger partial charge in [0.1, 0.15) is 12.2 Å². The molecule has 0 spiro atoms. The Kier molecular flexibility index (Phi) is 10.7. The predicted octanol–water partition coefficient (Wildman–Crippen LogP) is 3.08. The maximum absolute atomic E-state index is 12.9. The molecule has 1 heterocycles. The van der Waals surface area contributed by atoms with Gasteiger partial charge in [0, 0.05) is 25.9 Å². The van der Waals surface area contributed by atoms with Crippen LogP contribution < -0.4 is 15.4 Å². The van der Waals surface area contributed by atoms with Crippen LogP contribution in [-0.4, -0.2) is 48.9 Å². The normalized spacial score (nSPS) is 13.5. The quantitative estimate of drug-likeness (QED) is 0.300. The van der Waals surface area contributed by atoms with Crippen LogP contribution in [0.5, 0.6) is 5.88 Å². The SMILES string of the molecule is CCNC(=NCC(CCO)CC(C)C)NCCOc1ncccc1C(F)(F)F. The summed E-state index contributed by atoms with van der Waals surface area (Å²) >= 11 is 0. The molecule has 3 N–H and O–H groups in total. The van der Waals surface area contributed by atoms with E-state index in [1.165, 1.54) is 12.3 Å². The van der Waals surface area contributed by atoms with Crippen LogP contribution >= 0.6 is 0 Å². The van der Waals surface area contributed by atoms with Crippen molar-refractivity contribution in [3.63, 3.8) is 0 Å². The lowest BCUT2D eigenvalue weighted by Gasteiger charge is -2.18. The van der Waals surface area contributed by atoms with Crippen LogP contribution in [-0.2, 0) is 6.18 Å². The van der Waals surface area contributed by atoms with E-state index in [9.17, 15) is 18.3 Å². The molecule has 0 aliphatic heterocycles. The zero-order valence-electron chi connectivity index (χ0n) is 16.7. The number of ether oxygens (including phenoxy) is 1. The molecule has 160 valence electrons. The Hall–Kier alpha value is -2.03. The first-order chi connectivity index (χ1) is 13.3. The van der Waals surface area contributed by atoms with Crippen LogP contribution in [0.4, 0.5) is 13.2 Å². The second-order valence-electron chi connectivity index (χ2n) is 6.86. The van der Waals surface area contributed by atoms with Crippen molar-refractivity contribution in [2.75, 3.05) is 32.8 Å². The summed E-state index contributed by atoms with van der Waals surface area (Å²) in [6.07, 6.45) is -1.60. The molecule has 0 aliphatic carbocycles. The van der Waals surface area contributed by atoms with Crippen LogP contribution in [0.15, 0.2) is 23.3 Å². The van der Waals surface area contributed by atoms with E-state index in [-0.39, 0.29) is 25.7 Å². The molecule has 1 atom stereocenters. The number of nitrogens with zero attached hydrogens (tertiary/aromatic N) is 2. The van der Waals surface area contributed by atoms with Crippen molar-refractivity contribution in [1.82, 2.24) is 15.6 Å². The average Bonchev–Trinajstić information content (AvgIpc) is 2.62. The van der Waals surface area contributed by atoms with Gasteiger partial charge in [-0.25, -0.2) is 4.98 Å². The highest BCUT2D eigenvalue weighted by molar-refractivity contribution is 5.79. The van der Waals surface area contributed by atoms with E-state index in [0.717, 1.165) is 12.5 Å². The van der Waals surface area contributed by atoms with E-state index in [2.05, 4.69) is 34.5 Å². The molecule has 0 aliphatic rings. The summed E-state index contributed by atoms with van der Waals surface area (Å²) in [6.45, 7) is 7.80. The summed E-state index contributed by atoms with van der Waals surface area (Å²) in [5.41, 5.74) is -0.892. The van der Waals surface area contributed by atoms with Gasteiger partial charge in [-0.15, -0.1) is 0 Å². The molecule has 9 heteroatoms. The number of guanidine groups is 1. The number of aliphatic hydroxyl groups excluding tert-OH is 1. The largest absolute Gasteiger partial charge is 0.475 e. The Morgan fingerprint density at radius 2 is 2.07 bits per heavy atom. The first kappa shape index (κ1) is 24.0. The van der Waals surface area contributed by atoms with Gasteiger partial charge in [0.15, 0.2) is 5.96 Å². The zero-order valence-corrected chi connectivity index (χ0v) is 16.7. The minimum atomic E-state index is -4.51. The van der Waals surface area contributed by atoms with Crippen LogP contribution in [0.3, 0.4) is 0 Å². The Morgan fingerprint density at radius 3 is 2.68 bits per heavy atom. The molecule has 0 amide bonds. The van der Waals surface area contributed by atoms with Crippen molar-refractivity contribution in [2.24, 2.45) is 16.8 Å². The van der Waals surface area contributed by atoms with Crippen LogP contribution in [0.2, 0.25) is 0 Å². The van der Waals surface area contributed by atoms with E-state index in [4.69, 9.17) is 4.74 Å². The number of aliphatic imine (C=N–C) groups is 1. The zero-order chi connectivity index (χ0) is 21.0. The third-order valence-electron chi connectivity index (χ3n) is 3.90. The molecular formula is C19H31F3N4O2. The number of hydrogen-bond donors (Lipinski definition) is 3. The topological polar surface area (TPSA) is 78.8 Å². The van der Waals surface area contributed by atoms with Gasteiger partial charge in [-0.05, 0) is 43.7 Å². The van der Waals surface area contributed by atoms with Gasteiger partial charge in [-0.2, -0.15) is 13.2 Å². The summed E-state index contributed by atoms with van der Waals surface area (Å²) in [5, 5.41) is 15.3. The van der Waals surface area contributed by atoms with Gasteiger partial charge in [-0.3, -0.25) is 4.99 Å². The summed E-state index contributed by atoms with van der Waals surface area (Å²) in [6, 6.07) is 2.17. The third-order valence-corrected chi connectivity index (χ3v) is 3.90. The average molecular weight is 404 g/mol. The number of pyridine rings is 1. The van der Waals surface area contributed by atoms with Crippen molar-refractivity contribution < 1.29 is 23.0 Å². The van der Waals surface area contributed by atoms with Gasteiger partial charge in [0.2, 0.25) is 5.88 Å². The van der Waals surface area contributed by atoms with Gasteiger partial charge in [0.25, 0.3) is 0 Å². The smallest absolute Gasteiger partial charge is 0.421 e. The molecule has 1 aromatic rings. The highest BCUT2D eigenvalue weighted by Gasteiger charge is 2.34. The standard InChI is InChI=1S/C19H31F3N4O2/c1-4-23-18(26-13-15(7-10-27)12-14(2)3)25-9-11-28-17-16(19(20,21)22)6-5-8-24-17/h5-6,8,14-15,27H,4,7,9-13H2,1-3H3,(H2,23,25,26). The molecular weight excluding hydrogens is 373 g/mol. The van der Waals surface area contributed by atoms with Gasteiger partial charge in [-0.1, -0.05) is 13.8 Å². The van der Waals surface area contributed by atoms with E-state index < -0.39 is 17.6 Å². The minimum absolute atomic E-state index is 0.0105. The van der Waals surface area contributed by atoms with Crippen molar-refractivity contribution in [2.45, 2.75) is 39.8 Å². The Morgan fingerprint density at radius 1 is 1.32 bits per heavy atom. The number of nitrogens with one attached hydrogen (secondary N) is 2. The summed E-state index contributed by atoms with van der Waals surface area (Å²) in [5.74, 6) is 0.921. The monoisotopic (exact) mass is 404 g/mol. The fraction of sp³-hybridized carbons (Fsp3) is 0.684. The molecule has 0 saturated carbocycles. The third kappa shape index (κ3) is 9.25. The van der Waals surface area contributed by atoms with Crippen molar-refractivity contribution in [3.05, 3.63) is 23.9 Å². The summed E-state index contributed by atoms with van der Waals surface area (Å²) in [7, 11) is 0. The molecule has 1 unspecified atom stereocenters. The molecule has 1 aromatic heterocycles. The second kappa shape index (κ2) is 12.4. The van der Waals surface area contributed by atoms with Crippen molar-refractivity contribution in [1.29, 1.82) is 0 Å². The number of halogens is 3.